The topological polar surface area (TPSA) is 79.2 Å². The monoisotopic (exact) mass is 488 g/mol. The molecule has 5 aliphatic carbocycles. The lowest BCUT2D eigenvalue weighted by atomic mass is 9.41. The van der Waals surface area contributed by atoms with Gasteiger partial charge in [0.15, 0.2) is 5.79 Å². The number of hydrogen-bond donors (Lipinski definition) is 3. The summed E-state index contributed by atoms with van der Waals surface area (Å²) in [6.45, 7) is 15.4. The first-order chi connectivity index (χ1) is 16.1. The molecule has 13 atom stereocenters. The van der Waals surface area contributed by atoms with Crippen LogP contribution < -0.4 is 0 Å². The highest BCUT2D eigenvalue weighted by Gasteiger charge is 2.88. The first-order valence-electron chi connectivity index (χ1n) is 14.6. The molecular weight excluding hydrogens is 440 g/mol. The summed E-state index contributed by atoms with van der Waals surface area (Å²) in [6.07, 6.45) is 7.36. The van der Waals surface area contributed by atoms with Gasteiger partial charge in [0.1, 0.15) is 12.2 Å². The van der Waals surface area contributed by atoms with E-state index in [1.54, 1.807) is 0 Å². The summed E-state index contributed by atoms with van der Waals surface area (Å²) in [6, 6.07) is 0. The Kier molecular flexibility index (Phi) is 4.32. The Morgan fingerprint density at radius 1 is 0.857 bits per heavy atom. The molecule has 7 aliphatic rings. The molecule has 0 aromatic heterocycles. The number of aliphatic hydroxyl groups is 3. The minimum absolute atomic E-state index is 0.0331. The van der Waals surface area contributed by atoms with E-state index in [2.05, 4.69) is 34.6 Å². The fraction of sp³-hybridized carbons (Fsp3) is 1.00. The lowest BCUT2D eigenvalue weighted by molar-refractivity contribution is -0.282. The van der Waals surface area contributed by atoms with Crippen LogP contribution in [0.15, 0.2) is 0 Å². The molecule has 2 heterocycles. The van der Waals surface area contributed by atoms with E-state index in [4.69, 9.17) is 9.47 Å². The van der Waals surface area contributed by atoms with Gasteiger partial charge in [-0.1, -0.05) is 34.6 Å². The summed E-state index contributed by atoms with van der Waals surface area (Å²) in [7, 11) is 0. The van der Waals surface area contributed by atoms with E-state index in [1.807, 2.05) is 13.8 Å². The lowest BCUT2D eigenvalue weighted by Gasteiger charge is -2.63. The van der Waals surface area contributed by atoms with Crippen molar-refractivity contribution in [1.82, 2.24) is 0 Å². The molecule has 7 rings (SSSR count). The molecule has 0 aromatic rings. The summed E-state index contributed by atoms with van der Waals surface area (Å²) >= 11 is 0. The number of aliphatic hydroxyl groups excluding tert-OH is 2. The average Bonchev–Trinajstić information content (AvgIpc) is 3.28. The smallest absolute Gasteiger partial charge is 0.199 e. The lowest BCUT2D eigenvalue weighted by Crippen LogP contribution is -2.60. The van der Waals surface area contributed by atoms with Crippen LogP contribution in [0.3, 0.4) is 0 Å². The molecular formula is C30H48O5. The molecule has 5 nitrogen and oxygen atoms in total. The Morgan fingerprint density at radius 2 is 1.51 bits per heavy atom. The number of ether oxygens (including phenoxy) is 2. The van der Waals surface area contributed by atoms with E-state index < -0.39 is 23.6 Å². The van der Waals surface area contributed by atoms with Gasteiger partial charge >= 0.3 is 0 Å². The molecule has 7 fully saturated rings. The molecule has 4 unspecified atom stereocenters. The van der Waals surface area contributed by atoms with E-state index in [-0.39, 0.29) is 39.8 Å². The Bertz CT molecular complexity index is 957. The van der Waals surface area contributed by atoms with Crippen LogP contribution in [-0.2, 0) is 9.47 Å². The Labute approximate surface area is 211 Å². The third-order valence-corrected chi connectivity index (χ3v) is 14.2. The van der Waals surface area contributed by atoms with Crippen molar-refractivity contribution in [3.63, 3.8) is 0 Å². The number of rotatable bonds is 1. The average molecular weight is 489 g/mol. The van der Waals surface area contributed by atoms with Gasteiger partial charge in [0, 0.05) is 11.3 Å². The molecule has 0 radical (unpaired) electrons. The van der Waals surface area contributed by atoms with Gasteiger partial charge in [0.2, 0.25) is 0 Å². The zero-order valence-electron chi connectivity index (χ0n) is 22.9. The van der Waals surface area contributed by atoms with Crippen LogP contribution in [0.25, 0.3) is 0 Å². The second-order valence-electron chi connectivity index (χ2n) is 15.9. The summed E-state index contributed by atoms with van der Waals surface area (Å²) in [5, 5.41) is 34.4. The molecule has 2 saturated heterocycles. The van der Waals surface area contributed by atoms with Crippen molar-refractivity contribution in [2.75, 3.05) is 0 Å². The molecule has 35 heavy (non-hydrogen) atoms. The van der Waals surface area contributed by atoms with Crippen LogP contribution in [0.1, 0.15) is 99.8 Å². The molecule has 5 saturated carbocycles. The highest BCUT2D eigenvalue weighted by molar-refractivity contribution is 5.34. The fourth-order valence-corrected chi connectivity index (χ4v) is 12.7. The molecule has 5 heteroatoms. The summed E-state index contributed by atoms with van der Waals surface area (Å²) in [5.41, 5.74) is -0.788. The SMILES string of the molecule is C[C@@H]1CC2O[C@]3(O[C@H]2C(C)(C)O)C1[C@@]1(C)CC[C@@]24C[C@@]25CC[C@H](O)C(C)(C)C5CCC4[C@]1(C)[C@H]3O. The van der Waals surface area contributed by atoms with E-state index in [1.165, 1.54) is 12.8 Å². The predicted octanol–water partition coefficient (Wildman–Crippen LogP) is 4.66. The molecule has 2 bridgehead atoms. The molecule has 2 aliphatic heterocycles. The first kappa shape index (κ1) is 23.9. The highest BCUT2D eigenvalue weighted by atomic mass is 16.8. The Hall–Kier alpha value is -0.200. The van der Waals surface area contributed by atoms with Crippen molar-refractivity contribution in [3.8, 4) is 0 Å². The van der Waals surface area contributed by atoms with Gasteiger partial charge < -0.3 is 24.8 Å². The minimum Gasteiger partial charge on any atom is -0.393 e. The first-order valence-corrected chi connectivity index (χ1v) is 14.6. The van der Waals surface area contributed by atoms with Gasteiger partial charge in [-0.05, 0) is 105 Å². The second-order valence-corrected chi connectivity index (χ2v) is 15.9. The maximum atomic E-state index is 12.5. The van der Waals surface area contributed by atoms with Crippen LogP contribution in [-0.4, -0.2) is 51.1 Å². The molecule has 3 N–H and O–H groups in total. The standard InChI is InChI=1S/C30H48O5/c1-16-14-17-22(25(4,5)33)35-30(34-17)21(16)26(6)12-13-29-15-28(29)11-10-20(31)24(2,3)18(28)8-9-19(29)27(26,7)23(30)32/h16-23,31-33H,8-15H2,1-7H3/t16-,17?,18?,19?,20+,21?,22-,23-,26-,27-,28-,29+,30+/m1/s1. The van der Waals surface area contributed by atoms with Crippen molar-refractivity contribution >= 4 is 0 Å². The number of fused-ring (bicyclic) bond motifs is 4. The Morgan fingerprint density at radius 3 is 2.20 bits per heavy atom. The number of hydrogen-bond acceptors (Lipinski definition) is 5. The fourth-order valence-electron chi connectivity index (χ4n) is 12.7. The highest BCUT2D eigenvalue weighted by Crippen LogP contribution is 2.90. The summed E-state index contributed by atoms with van der Waals surface area (Å²) in [5.74, 6) is 0.523. The van der Waals surface area contributed by atoms with Crippen LogP contribution in [0.4, 0.5) is 0 Å². The van der Waals surface area contributed by atoms with Crippen LogP contribution >= 0.6 is 0 Å². The maximum absolute atomic E-state index is 12.5. The minimum atomic E-state index is -1.01. The van der Waals surface area contributed by atoms with Crippen molar-refractivity contribution < 1.29 is 24.8 Å². The van der Waals surface area contributed by atoms with E-state index in [0.717, 1.165) is 38.5 Å². The van der Waals surface area contributed by atoms with Crippen molar-refractivity contribution in [1.29, 1.82) is 0 Å². The molecule has 0 aromatic carbocycles. The third-order valence-electron chi connectivity index (χ3n) is 14.2. The largest absolute Gasteiger partial charge is 0.393 e. The summed E-state index contributed by atoms with van der Waals surface area (Å²) in [4.78, 5) is 0. The normalized spacial score (nSPS) is 63.9. The predicted molar refractivity (Wildman–Crippen MR) is 132 cm³/mol. The summed E-state index contributed by atoms with van der Waals surface area (Å²) < 4.78 is 13.6. The van der Waals surface area contributed by atoms with Gasteiger partial charge in [-0.15, -0.1) is 0 Å². The van der Waals surface area contributed by atoms with Gasteiger partial charge in [0.25, 0.3) is 0 Å². The van der Waals surface area contributed by atoms with Crippen molar-refractivity contribution in [2.45, 2.75) is 136 Å². The van der Waals surface area contributed by atoms with Gasteiger partial charge in [-0.2, -0.15) is 0 Å². The Balaban J connectivity index is 1.33. The maximum Gasteiger partial charge on any atom is 0.199 e. The molecule has 0 amide bonds. The zero-order valence-corrected chi connectivity index (χ0v) is 22.9. The van der Waals surface area contributed by atoms with Crippen LogP contribution in [0.2, 0.25) is 0 Å². The third kappa shape index (κ3) is 2.30. The van der Waals surface area contributed by atoms with Crippen LogP contribution in [0, 0.1) is 50.7 Å². The molecule has 3 spiro atoms. The van der Waals surface area contributed by atoms with Gasteiger partial charge in [-0.25, -0.2) is 0 Å². The quantitative estimate of drug-likeness (QED) is 0.500. The van der Waals surface area contributed by atoms with Gasteiger partial charge in [0.05, 0.1) is 17.8 Å². The van der Waals surface area contributed by atoms with E-state index in [0.29, 0.717) is 23.2 Å². The van der Waals surface area contributed by atoms with Crippen LogP contribution in [0.5, 0.6) is 0 Å². The van der Waals surface area contributed by atoms with E-state index in [9.17, 15) is 15.3 Å². The van der Waals surface area contributed by atoms with Gasteiger partial charge in [-0.3, -0.25) is 0 Å². The zero-order chi connectivity index (χ0) is 25.2. The van der Waals surface area contributed by atoms with Crippen molar-refractivity contribution in [3.05, 3.63) is 0 Å². The van der Waals surface area contributed by atoms with Crippen molar-refractivity contribution in [2.24, 2.45) is 50.7 Å². The second kappa shape index (κ2) is 6.33. The molecule has 198 valence electrons. The van der Waals surface area contributed by atoms with E-state index >= 15 is 0 Å².